The van der Waals surface area contributed by atoms with Crippen LogP contribution in [0.2, 0.25) is 0 Å². The number of rotatable bonds is 11. The van der Waals surface area contributed by atoms with Gasteiger partial charge in [0.25, 0.3) is 0 Å². The fraction of sp³-hybridized carbons (Fsp3) is 0.833. The molecule has 0 aliphatic rings. The first-order valence-corrected chi connectivity index (χ1v) is 8.23. The van der Waals surface area contributed by atoms with Crippen molar-refractivity contribution in [3.63, 3.8) is 0 Å². The van der Waals surface area contributed by atoms with Crippen LogP contribution in [0.15, 0.2) is 0 Å². The molecule has 4 nitrogen and oxygen atoms in total. The second kappa shape index (κ2) is 10.6. The molecule has 0 aliphatic heterocycles. The highest BCUT2D eigenvalue weighted by molar-refractivity contribution is 8.00. The first-order valence-electron chi connectivity index (χ1n) is 6.14. The summed E-state index contributed by atoms with van der Waals surface area (Å²) in [7, 11) is 0. The van der Waals surface area contributed by atoms with Gasteiger partial charge in [-0.15, -0.1) is 23.5 Å². The number of carboxylic acids is 2. The highest BCUT2D eigenvalue weighted by Gasteiger charge is 2.11. The Morgan fingerprint density at radius 1 is 0.833 bits per heavy atom. The predicted octanol–water partition coefficient (Wildman–Crippen LogP) is 2.96. The zero-order valence-electron chi connectivity index (χ0n) is 10.9. The zero-order valence-corrected chi connectivity index (χ0v) is 12.6. The number of carbonyl (C=O) groups is 2. The molecule has 0 bridgehead atoms. The van der Waals surface area contributed by atoms with Crippen molar-refractivity contribution in [2.75, 3.05) is 11.5 Å². The van der Waals surface area contributed by atoms with Crippen LogP contribution in [0.4, 0.5) is 0 Å². The van der Waals surface area contributed by atoms with Gasteiger partial charge in [0, 0.05) is 0 Å². The third-order valence-corrected chi connectivity index (χ3v) is 4.92. The van der Waals surface area contributed by atoms with E-state index in [9.17, 15) is 9.59 Å². The lowest BCUT2D eigenvalue weighted by Gasteiger charge is -2.07. The molecule has 6 heteroatoms. The Labute approximate surface area is 117 Å². The molecule has 0 aromatic rings. The molecule has 2 N–H and O–H groups in total. The van der Waals surface area contributed by atoms with E-state index in [0.717, 1.165) is 37.2 Å². The van der Waals surface area contributed by atoms with Gasteiger partial charge in [-0.2, -0.15) is 0 Å². The van der Waals surface area contributed by atoms with E-state index < -0.39 is 11.9 Å². The molecule has 106 valence electrons. The summed E-state index contributed by atoms with van der Waals surface area (Å²) in [4.78, 5) is 21.1. The molecule has 0 heterocycles. The maximum absolute atomic E-state index is 10.6. The van der Waals surface area contributed by atoms with Crippen molar-refractivity contribution in [3.05, 3.63) is 0 Å². The molecular weight excluding hydrogens is 272 g/mol. The molecule has 0 aromatic heterocycles. The van der Waals surface area contributed by atoms with Crippen LogP contribution in [0, 0.1) is 0 Å². The van der Waals surface area contributed by atoms with E-state index in [-0.39, 0.29) is 10.5 Å². The average Bonchev–Trinajstić information content (AvgIpc) is 2.31. The predicted molar refractivity (Wildman–Crippen MR) is 77.6 cm³/mol. The molecule has 0 unspecified atom stereocenters. The lowest BCUT2D eigenvalue weighted by Crippen LogP contribution is -2.12. The fourth-order valence-electron chi connectivity index (χ4n) is 1.22. The largest absolute Gasteiger partial charge is 0.480 e. The van der Waals surface area contributed by atoms with Gasteiger partial charge < -0.3 is 10.2 Å². The van der Waals surface area contributed by atoms with Crippen LogP contribution < -0.4 is 0 Å². The molecule has 0 radical (unpaired) electrons. The molecule has 0 spiro atoms. The second-order valence-corrected chi connectivity index (χ2v) is 7.01. The number of unbranched alkanes of at least 4 members (excludes halogenated alkanes) is 3. The van der Waals surface area contributed by atoms with Gasteiger partial charge in [0.1, 0.15) is 0 Å². The minimum atomic E-state index is -0.751. The Morgan fingerprint density at radius 3 is 1.44 bits per heavy atom. The summed E-state index contributed by atoms with van der Waals surface area (Å²) in [5, 5.41) is 16.7. The smallest absolute Gasteiger partial charge is 0.316 e. The Hall–Kier alpha value is -0.360. The first-order chi connectivity index (χ1) is 8.45. The number of aliphatic carboxylic acids is 2. The number of hydrogen-bond donors (Lipinski definition) is 2. The summed E-state index contributed by atoms with van der Waals surface area (Å²) in [6.07, 6.45) is 4.23. The van der Waals surface area contributed by atoms with Crippen LogP contribution in [0.3, 0.4) is 0 Å². The zero-order chi connectivity index (χ0) is 14.0. The number of thioether (sulfide) groups is 2. The van der Waals surface area contributed by atoms with Gasteiger partial charge in [0.2, 0.25) is 0 Å². The highest BCUT2D eigenvalue weighted by atomic mass is 32.2. The van der Waals surface area contributed by atoms with Crippen molar-refractivity contribution in [1.29, 1.82) is 0 Å². The maximum atomic E-state index is 10.6. The maximum Gasteiger partial charge on any atom is 0.316 e. The molecule has 0 amide bonds. The monoisotopic (exact) mass is 294 g/mol. The summed E-state index contributed by atoms with van der Waals surface area (Å²) in [5.74, 6) is 0.260. The number of carboxylic acid groups (broad SMARTS) is 2. The topological polar surface area (TPSA) is 74.6 Å². The Bertz CT molecular complexity index is 232. The van der Waals surface area contributed by atoms with Crippen LogP contribution in [0.25, 0.3) is 0 Å². The lowest BCUT2D eigenvalue weighted by molar-refractivity contribution is -0.137. The van der Waals surface area contributed by atoms with Crippen molar-refractivity contribution in [1.82, 2.24) is 0 Å². The van der Waals surface area contributed by atoms with E-state index in [4.69, 9.17) is 10.2 Å². The van der Waals surface area contributed by atoms with E-state index in [2.05, 4.69) is 0 Å². The third kappa shape index (κ3) is 9.65. The highest BCUT2D eigenvalue weighted by Crippen LogP contribution is 2.16. The van der Waals surface area contributed by atoms with Crippen molar-refractivity contribution < 1.29 is 19.8 Å². The van der Waals surface area contributed by atoms with Gasteiger partial charge in [-0.1, -0.05) is 12.8 Å². The van der Waals surface area contributed by atoms with Gasteiger partial charge >= 0.3 is 11.9 Å². The van der Waals surface area contributed by atoms with Crippen molar-refractivity contribution in [2.45, 2.75) is 50.0 Å². The van der Waals surface area contributed by atoms with Gasteiger partial charge in [-0.05, 0) is 38.2 Å². The third-order valence-electron chi connectivity index (χ3n) is 2.47. The van der Waals surface area contributed by atoms with Crippen LogP contribution in [0.5, 0.6) is 0 Å². The van der Waals surface area contributed by atoms with E-state index in [0.29, 0.717) is 0 Å². The van der Waals surface area contributed by atoms with E-state index in [1.54, 1.807) is 13.8 Å². The van der Waals surface area contributed by atoms with Gasteiger partial charge in [0.15, 0.2) is 0 Å². The van der Waals surface area contributed by atoms with Crippen LogP contribution in [-0.4, -0.2) is 44.2 Å². The van der Waals surface area contributed by atoms with E-state index >= 15 is 0 Å². The van der Waals surface area contributed by atoms with Gasteiger partial charge in [-0.25, -0.2) is 0 Å². The Morgan fingerprint density at radius 2 is 1.17 bits per heavy atom. The van der Waals surface area contributed by atoms with Gasteiger partial charge in [-0.3, -0.25) is 9.59 Å². The van der Waals surface area contributed by atoms with Crippen molar-refractivity contribution in [2.24, 2.45) is 0 Å². The fourth-order valence-corrected chi connectivity index (χ4v) is 2.95. The van der Waals surface area contributed by atoms with Crippen molar-refractivity contribution >= 4 is 35.5 Å². The standard InChI is InChI=1S/C12H22O4S2/c1-9(11(13)14)17-7-5-3-4-6-8-18-10(2)12(15)16/h9-10H,3-8H2,1-2H3,(H,13,14)(H,15,16)/t9-,10-/m0/s1. The van der Waals surface area contributed by atoms with E-state index in [1.807, 2.05) is 0 Å². The molecule has 0 saturated heterocycles. The molecular formula is C12H22O4S2. The first kappa shape index (κ1) is 17.6. The van der Waals surface area contributed by atoms with Crippen molar-refractivity contribution in [3.8, 4) is 0 Å². The summed E-state index contributed by atoms with van der Waals surface area (Å²) < 4.78 is 0. The summed E-state index contributed by atoms with van der Waals surface area (Å²) in [5.41, 5.74) is 0. The number of hydrogen-bond acceptors (Lipinski definition) is 4. The van der Waals surface area contributed by atoms with Crippen LogP contribution >= 0.6 is 23.5 Å². The molecule has 0 aliphatic carbocycles. The van der Waals surface area contributed by atoms with Crippen LogP contribution in [0.1, 0.15) is 39.5 Å². The molecule has 0 saturated carbocycles. The molecule has 18 heavy (non-hydrogen) atoms. The Balaban J connectivity index is 3.26. The van der Waals surface area contributed by atoms with Crippen LogP contribution in [-0.2, 0) is 9.59 Å². The normalized spacial score (nSPS) is 14.1. The average molecular weight is 294 g/mol. The molecule has 0 aromatic carbocycles. The molecule has 2 atom stereocenters. The minimum absolute atomic E-state index is 0.322. The molecule has 0 fully saturated rings. The molecule has 0 rings (SSSR count). The lowest BCUT2D eigenvalue weighted by atomic mass is 10.2. The quantitative estimate of drug-likeness (QED) is 0.571. The summed E-state index contributed by atoms with van der Waals surface area (Å²) >= 11 is 2.95. The Kier molecular flexibility index (Phi) is 10.3. The SMILES string of the molecule is C[C@H](SCCCCCCS[C@@H](C)C(=O)O)C(=O)O. The summed E-state index contributed by atoms with van der Waals surface area (Å²) in [6, 6.07) is 0. The second-order valence-electron chi connectivity index (χ2n) is 4.12. The van der Waals surface area contributed by atoms with E-state index in [1.165, 1.54) is 23.5 Å². The summed E-state index contributed by atoms with van der Waals surface area (Å²) in [6.45, 7) is 3.41. The van der Waals surface area contributed by atoms with Gasteiger partial charge in [0.05, 0.1) is 10.5 Å². The minimum Gasteiger partial charge on any atom is -0.480 e.